The molecule has 1 fully saturated rings. The monoisotopic (exact) mass is 475 g/mol. The minimum atomic E-state index is -0.321. The minimum Gasteiger partial charge on any atom is -0.491 e. The van der Waals surface area contributed by atoms with E-state index in [1.165, 1.54) is 23.9 Å². The molecule has 1 saturated heterocycles. The first-order valence-corrected chi connectivity index (χ1v) is 12.2. The lowest BCUT2D eigenvalue weighted by molar-refractivity contribution is -0.142. The summed E-state index contributed by atoms with van der Waals surface area (Å²) < 4.78 is 24.5. The zero-order chi connectivity index (χ0) is 23.2. The molecule has 33 heavy (non-hydrogen) atoms. The third-order valence-electron chi connectivity index (χ3n) is 6.20. The lowest BCUT2D eigenvalue weighted by Crippen LogP contribution is -2.49. The van der Waals surface area contributed by atoms with E-state index in [1.54, 1.807) is 28.4 Å². The Balaban J connectivity index is 1.42. The van der Waals surface area contributed by atoms with E-state index in [-0.39, 0.29) is 36.8 Å². The maximum atomic E-state index is 13.4. The zero-order valence-electron chi connectivity index (χ0n) is 18.9. The summed E-state index contributed by atoms with van der Waals surface area (Å²) in [5.74, 6) is 0.0426. The van der Waals surface area contributed by atoms with Gasteiger partial charge in [-0.15, -0.1) is 11.3 Å². The molecule has 1 aromatic carbocycles. The molecule has 0 N–H and O–H groups in total. The molecule has 0 aliphatic carbocycles. The number of nitrogens with zero attached hydrogens (tertiary/aromatic N) is 3. The van der Waals surface area contributed by atoms with Crippen LogP contribution in [0.3, 0.4) is 0 Å². The molecule has 2 amide bonds. The summed E-state index contributed by atoms with van der Waals surface area (Å²) in [5, 5.41) is 2.04. The molecule has 0 bridgehead atoms. The Morgan fingerprint density at radius 3 is 2.67 bits per heavy atom. The summed E-state index contributed by atoms with van der Waals surface area (Å²) >= 11 is 1.69. The smallest absolute Gasteiger partial charge is 0.242 e. The number of ether oxygens (including phenoxy) is 2. The maximum Gasteiger partial charge on any atom is 0.242 e. The van der Waals surface area contributed by atoms with Gasteiger partial charge in [-0.3, -0.25) is 14.5 Å². The topological polar surface area (TPSA) is 62.3 Å². The van der Waals surface area contributed by atoms with Crippen molar-refractivity contribution in [1.82, 2.24) is 14.7 Å². The Morgan fingerprint density at radius 2 is 1.94 bits per heavy atom. The van der Waals surface area contributed by atoms with Gasteiger partial charge >= 0.3 is 0 Å². The normalized spacial score (nSPS) is 18.6. The maximum absolute atomic E-state index is 13.4. The first-order chi connectivity index (χ1) is 16.0. The molecular formula is C24H30FN3O4S. The lowest BCUT2D eigenvalue weighted by atomic mass is 10.0. The standard InChI is InChI=1S/C24H30FN3O4S/c1-18(29)27(10-9-26-11-13-31-14-12-26)16-24(30)28-8-6-23-21(7-15-33-23)22(28)17-32-20-4-2-19(25)3-5-20/h2-5,7,15,22H,6,8-14,16-17H2,1H3/t22-/m0/s1. The highest BCUT2D eigenvalue weighted by atomic mass is 32.1. The first-order valence-electron chi connectivity index (χ1n) is 11.3. The van der Waals surface area contributed by atoms with Gasteiger partial charge in [0, 0.05) is 44.5 Å². The van der Waals surface area contributed by atoms with Crippen LogP contribution in [0.2, 0.25) is 0 Å². The number of fused-ring (bicyclic) bond motifs is 1. The fourth-order valence-corrected chi connectivity index (χ4v) is 5.20. The van der Waals surface area contributed by atoms with Gasteiger partial charge in [0.05, 0.1) is 25.8 Å². The van der Waals surface area contributed by atoms with Gasteiger partial charge in [-0.1, -0.05) is 0 Å². The molecule has 0 saturated carbocycles. The van der Waals surface area contributed by atoms with Crippen molar-refractivity contribution >= 4 is 23.2 Å². The Morgan fingerprint density at radius 1 is 1.18 bits per heavy atom. The van der Waals surface area contributed by atoms with Crippen molar-refractivity contribution < 1.29 is 23.5 Å². The number of hydrogen-bond donors (Lipinski definition) is 0. The van der Waals surface area contributed by atoms with E-state index in [1.807, 2.05) is 16.3 Å². The number of carbonyl (C=O) groups excluding carboxylic acids is 2. The van der Waals surface area contributed by atoms with Crippen LogP contribution in [0.15, 0.2) is 35.7 Å². The second-order valence-electron chi connectivity index (χ2n) is 8.31. The number of carbonyl (C=O) groups is 2. The first kappa shape index (κ1) is 23.7. The van der Waals surface area contributed by atoms with E-state index in [0.717, 1.165) is 31.6 Å². The number of morpholine rings is 1. The van der Waals surface area contributed by atoms with E-state index in [0.29, 0.717) is 32.1 Å². The second kappa shape index (κ2) is 11.1. The molecule has 0 spiro atoms. The molecule has 2 aliphatic heterocycles. The highest BCUT2D eigenvalue weighted by molar-refractivity contribution is 7.10. The van der Waals surface area contributed by atoms with Crippen molar-refractivity contribution in [2.45, 2.75) is 19.4 Å². The molecule has 4 rings (SSSR count). The summed E-state index contributed by atoms with van der Waals surface area (Å²) in [7, 11) is 0. The molecular weight excluding hydrogens is 445 g/mol. The fraction of sp³-hybridized carbons (Fsp3) is 0.500. The summed E-state index contributed by atoms with van der Waals surface area (Å²) in [6.07, 6.45) is 0.791. The fourth-order valence-electron chi connectivity index (χ4n) is 4.27. The Kier molecular flexibility index (Phi) is 7.95. The van der Waals surface area contributed by atoms with Gasteiger partial charge in [0.1, 0.15) is 18.2 Å². The van der Waals surface area contributed by atoms with Crippen LogP contribution in [0, 0.1) is 5.82 Å². The minimum absolute atomic E-state index is 0.0478. The van der Waals surface area contributed by atoms with Crippen LogP contribution in [0.5, 0.6) is 5.75 Å². The average Bonchev–Trinajstić information content (AvgIpc) is 3.30. The van der Waals surface area contributed by atoms with Crippen LogP contribution >= 0.6 is 11.3 Å². The van der Waals surface area contributed by atoms with E-state index >= 15 is 0 Å². The predicted molar refractivity (Wildman–Crippen MR) is 124 cm³/mol. The second-order valence-corrected chi connectivity index (χ2v) is 9.31. The van der Waals surface area contributed by atoms with Crippen molar-refractivity contribution in [3.63, 3.8) is 0 Å². The molecule has 2 aromatic rings. The molecule has 1 aromatic heterocycles. The van der Waals surface area contributed by atoms with Gasteiger partial charge in [-0.05, 0) is 47.7 Å². The van der Waals surface area contributed by atoms with E-state index in [2.05, 4.69) is 4.90 Å². The van der Waals surface area contributed by atoms with E-state index in [4.69, 9.17) is 9.47 Å². The molecule has 178 valence electrons. The van der Waals surface area contributed by atoms with Gasteiger partial charge in [-0.2, -0.15) is 0 Å². The Labute approximate surface area is 197 Å². The Hall–Kier alpha value is -2.49. The number of hydrogen-bond acceptors (Lipinski definition) is 6. The third kappa shape index (κ3) is 6.10. The van der Waals surface area contributed by atoms with Crippen LogP contribution in [0.25, 0.3) is 0 Å². The van der Waals surface area contributed by atoms with Crippen molar-refractivity contribution in [2.75, 3.05) is 59.1 Å². The van der Waals surface area contributed by atoms with Crippen LogP contribution in [-0.4, -0.2) is 85.6 Å². The molecule has 0 unspecified atom stereocenters. The molecule has 2 aliphatic rings. The summed E-state index contributed by atoms with van der Waals surface area (Å²) in [4.78, 5) is 32.6. The number of halogens is 1. The SMILES string of the molecule is CC(=O)N(CCN1CCOCC1)CC(=O)N1CCc2sccc2[C@@H]1COc1ccc(F)cc1. The van der Waals surface area contributed by atoms with Crippen molar-refractivity contribution in [3.8, 4) is 5.75 Å². The number of thiophene rings is 1. The van der Waals surface area contributed by atoms with Gasteiger partial charge in [0.15, 0.2) is 0 Å². The van der Waals surface area contributed by atoms with Crippen LogP contribution in [0.1, 0.15) is 23.4 Å². The van der Waals surface area contributed by atoms with Crippen LogP contribution < -0.4 is 4.74 Å². The highest BCUT2D eigenvalue weighted by Crippen LogP contribution is 2.34. The largest absolute Gasteiger partial charge is 0.491 e. The van der Waals surface area contributed by atoms with Gasteiger partial charge in [0.25, 0.3) is 0 Å². The highest BCUT2D eigenvalue weighted by Gasteiger charge is 2.33. The molecule has 1 atom stereocenters. The molecule has 0 radical (unpaired) electrons. The summed E-state index contributed by atoms with van der Waals surface area (Å²) in [5.41, 5.74) is 1.09. The van der Waals surface area contributed by atoms with Crippen molar-refractivity contribution in [3.05, 3.63) is 52.0 Å². The van der Waals surface area contributed by atoms with Gasteiger partial charge in [-0.25, -0.2) is 4.39 Å². The van der Waals surface area contributed by atoms with Gasteiger partial charge in [0.2, 0.25) is 11.8 Å². The van der Waals surface area contributed by atoms with E-state index in [9.17, 15) is 14.0 Å². The van der Waals surface area contributed by atoms with Gasteiger partial charge < -0.3 is 19.3 Å². The zero-order valence-corrected chi connectivity index (χ0v) is 19.7. The quantitative estimate of drug-likeness (QED) is 0.587. The summed E-state index contributed by atoms with van der Waals surface area (Å²) in [6.45, 7) is 6.73. The summed E-state index contributed by atoms with van der Waals surface area (Å²) in [6, 6.07) is 7.68. The molecule has 9 heteroatoms. The third-order valence-corrected chi connectivity index (χ3v) is 7.19. The lowest BCUT2D eigenvalue weighted by Gasteiger charge is -2.37. The van der Waals surface area contributed by atoms with Crippen molar-refractivity contribution in [1.29, 1.82) is 0 Å². The number of benzene rings is 1. The molecule has 3 heterocycles. The number of rotatable bonds is 8. The predicted octanol–water partition coefficient (Wildman–Crippen LogP) is 2.57. The van der Waals surface area contributed by atoms with Crippen LogP contribution in [-0.2, 0) is 20.7 Å². The average molecular weight is 476 g/mol. The molecule has 7 nitrogen and oxygen atoms in total. The Bertz CT molecular complexity index is 945. The van der Waals surface area contributed by atoms with Crippen molar-refractivity contribution in [2.24, 2.45) is 0 Å². The van der Waals surface area contributed by atoms with Crippen LogP contribution in [0.4, 0.5) is 4.39 Å². The van der Waals surface area contributed by atoms with E-state index < -0.39 is 0 Å². The number of amides is 2.